The van der Waals surface area contributed by atoms with E-state index in [4.69, 9.17) is 19.2 Å². The molecule has 0 amide bonds. The van der Waals surface area contributed by atoms with Crippen LogP contribution in [0, 0.1) is 0 Å². The number of hydrogen-bond acceptors (Lipinski definition) is 6. The van der Waals surface area contributed by atoms with Crippen molar-refractivity contribution in [3.63, 3.8) is 0 Å². The average molecular weight is 351 g/mol. The fraction of sp³-hybridized carbons (Fsp3) is 0.300. The van der Waals surface area contributed by atoms with Gasteiger partial charge in [-0.25, -0.2) is 9.97 Å². The van der Waals surface area contributed by atoms with E-state index in [2.05, 4.69) is 34.1 Å². The van der Waals surface area contributed by atoms with E-state index in [0.717, 1.165) is 42.8 Å². The lowest BCUT2D eigenvalue weighted by atomic mass is 10.1. The van der Waals surface area contributed by atoms with E-state index in [9.17, 15) is 0 Å². The first-order chi connectivity index (χ1) is 12.8. The summed E-state index contributed by atoms with van der Waals surface area (Å²) in [5.74, 6) is 2.09. The normalized spacial score (nSPS) is 14.5. The second-order valence-corrected chi connectivity index (χ2v) is 6.10. The van der Waals surface area contributed by atoms with Crippen LogP contribution in [0.2, 0.25) is 0 Å². The maximum absolute atomic E-state index is 5.42. The lowest BCUT2D eigenvalue weighted by Crippen LogP contribution is -2.36. The molecule has 6 nitrogen and oxygen atoms in total. The number of morpholine rings is 1. The second-order valence-electron chi connectivity index (χ2n) is 6.10. The lowest BCUT2D eigenvalue weighted by Gasteiger charge is -2.28. The molecule has 0 saturated carbocycles. The molecule has 1 saturated heterocycles. The predicted octanol–water partition coefficient (Wildman–Crippen LogP) is 3.15. The van der Waals surface area contributed by atoms with Crippen LogP contribution < -0.4 is 14.4 Å². The molecule has 2 aromatic carbocycles. The molecule has 0 aliphatic carbocycles. The Morgan fingerprint density at radius 2 is 1.77 bits per heavy atom. The largest absolute Gasteiger partial charge is 0.497 e. The van der Waals surface area contributed by atoms with Crippen LogP contribution in [0.5, 0.6) is 11.5 Å². The summed E-state index contributed by atoms with van der Waals surface area (Å²) in [6, 6.07) is 12.1. The van der Waals surface area contributed by atoms with E-state index < -0.39 is 0 Å². The van der Waals surface area contributed by atoms with Crippen LogP contribution in [0.3, 0.4) is 0 Å². The highest BCUT2D eigenvalue weighted by molar-refractivity contribution is 5.87. The quantitative estimate of drug-likeness (QED) is 0.720. The van der Waals surface area contributed by atoms with E-state index in [1.807, 2.05) is 12.1 Å². The second kappa shape index (κ2) is 7.17. The van der Waals surface area contributed by atoms with Crippen molar-refractivity contribution in [3.05, 3.63) is 42.6 Å². The van der Waals surface area contributed by atoms with Gasteiger partial charge in [-0.05, 0) is 24.3 Å². The van der Waals surface area contributed by atoms with Crippen LogP contribution in [0.4, 0.5) is 5.69 Å². The molecule has 2 heterocycles. The highest BCUT2D eigenvalue weighted by Crippen LogP contribution is 2.31. The minimum Gasteiger partial charge on any atom is -0.497 e. The van der Waals surface area contributed by atoms with E-state index in [-0.39, 0.29) is 0 Å². The van der Waals surface area contributed by atoms with Gasteiger partial charge in [-0.15, -0.1) is 0 Å². The Morgan fingerprint density at radius 3 is 2.46 bits per heavy atom. The van der Waals surface area contributed by atoms with Crippen LogP contribution >= 0.6 is 0 Å². The van der Waals surface area contributed by atoms with Gasteiger partial charge in [0.05, 0.1) is 38.3 Å². The molecule has 0 radical (unpaired) electrons. The Balaban J connectivity index is 1.67. The summed E-state index contributed by atoms with van der Waals surface area (Å²) in [5, 5.41) is 0.863. The molecule has 1 aliphatic rings. The number of ether oxygens (including phenoxy) is 3. The summed E-state index contributed by atoms with van der Waals surface area (Å²) in [7, 11) is 3.26. The molecular formula is C20H21N3O3. The summed E-state index contributed by atoms with van der Waals surface area (Å²) < 4.78 is 16.2. The molecule has 0 unspecified atom stereocenters. The van der Waals surface area contributed by atoms with Crippen LogP contribution in [0.25, 0.3) is 22.3 Å². The zero-order valence-electron chi connectivity index (χ0n) is 14.9. The summed E-state index contributed by atoms with van der Waals surface area (Å²) in [6.45, 7) is 3.40. The van der Waals surface area contributed by atoms with E-state index in [1.54, 1.807) is 20.4 Å². The molecule has 3 aromatic rings. The molecule has 1 aliphatic heterocycles. The lowest BCUT2D eigenvalue weighted by molar-refractivity contribution is 0.122. The smallest absolute Gasteiger partial charge is 0.159 e. The van der Waals surface area contributed by atoms with Gasteiger partial charge in [-0.3, -0.25) is 0 Å². The third-order valence-corrected chi connectivity index (χ3v) is 4.59. The van der Waals surface area contributed by atoms with Crippen molar-refractivity contribution in [1.29, 1.82) is 0 Å². The van der Waals surface area contributed by atoms with Gasteiger partial charge >= 0.3 is 0 Å². The minimum absolute atomic E-state index is 0.682. The summed E-state index contributed by atoms with van der Waals surface area (Å²) in [4.78, 5) is 11.5. The fourth-order valence-corrected chi connectivity index (χ4v) is 3.15. The Labute approximate surface area is 152 Å². The van der Waals surface area contributed by atoms with Crippen LogP contribution in [-0.4, -0.2) is 50.5 Å². The van der Waals surface area contributed by atoms with Crippen molar-refractivity contribution < 1.29 is 14.2 Å². The maximum Gasteiger partial charge on any atom is 0.159 e. The number of nitrogens with zero attached hydrogens (tertiary/aromatic N) is 3. The van der Waals surface area contributed by atoms with Gasteiger partial charge in [-0.1, -0.05) is 0 Å². The highest BCUT2D eigenvalue weighted by Gasteiger charge is 2.13. The third-order valence-electron chi connectivity index (χ3n) is 4.59. The molecule has 0 bridgehead atoms. The van der Waals surface area contributed by atoms with Crippen molar-refractivity contribution in [2.45, 2.75) is 0 Å². The fourth-order valence-electron chi connectivity index (χ4n) is 3.15. The number of hydrogen-bond donors (Lipinski definition) is 0. The van der Waals surface area contributed by atoms with Crippen molar-refractivity contribution in [2.24, 2.45) is 0 Å². The first-order valence-corrected chi connectivity index (χ1v) is 8.60. The van der Waals surface area contributed by atoms with Gasteiger partial charge in [0.15, 0.2) is 5.82 Å². The average Bonchev–Trinajstić information content (AvgIpc) is 2.73. The molecule has 134 valence electrons. The summed E-state index contributed by atoms with van der Waals surface area (Å²) in [6.07, 6.45) is 1.80. The molecule has 1 aromatic heterocycles. The topological polar surface area (TPSA) is 56.7 Å². The number of anilines is 1. The summed E-state index contributed by atoms with van der Waals surface area (Å²) in [5.41, 5.74) is 2.97. The summed E-state index contributed by atoms with van der Waals surface area (Å²) >= 11 is 0. The Bertz CT molecular complexity index is 906. The molecule has 0 atom stereocenters. The van der Waals surface area contributed by atoms with Gasteiger partial charge in [0, 0.05) is 42.7 Å². The van der Waals surface area contributed by atoms with E-state index >= 15 is 0 Å². The molecule has 6 heteroatoms. The SMILES string of the molecule is COc1cc(OC)c2cnc(-c3ccc(N4CCOCC4)cc3)nc2c1. The van der Waals surface area contributed by atoms with Gasteiger partial charge in [-0.2, -0.15) is 0 Å². The number of benzene rings is 2. The van der Waals surface area contributed by atoms with Crippen molar-refractivity contribution in [1.82, 2.24) is 9.97 Å². The molecule has 0 N–H and O–H groups in total. The third kappa shape index (κ3) is 3.15. The minimum atomic E-state index is 0.682. The first kappa shape index (κ1) is 16.6. The van der Waals surface area contributed by atoms with Gasteiger partial charge in [0.2, 0.25) is 0 Å². The molecule has 4 rings (SSSR count). The zero-order valence-corrected chi connectivity index (χ0v) is 14.9. The number of methoxy groups -OCH3 is 2. The Kier molecular flexibility index (Phi) is 4.58. The van der Waals surface area contributed by atoms with Gasteiger partial charge in [0.25, 0.3) is 0 Å². The van der Waals surface area contributed by atoms with Crippen LogP contribution in [0.1, 0.15) is 0 Å². The van der Waals surface area contributed by atoms with Crippen molar-refractivity contribution in [3.8, 4) is 22.9 Å². The van der Waals surface area contributed by atoms with Crippen molar-refractivity contribution in [2.75, 3.05) is 45.4 Å². The molecule has 1 fully saturated rings. The zero-order chi connectivity index (χ0) is 17.9. The predicted molar refractivity (Wildman–Crippen MR) is 101 cm³/mol. The van der Waals surface area contributed by atoms with E-state index in [0.29, 0.717) is 17.3 Å². The molecule has 26 heavy (non-hydrogen) atoms. The maximum atomic E-state index is 5.42. The Hall–Kier alpha value is -2.86. The monoisotopic (exact) mass is 351 g/mol. The van der Waals surface area contributed by atoms with E-state index in [1.165, 1.54) is 5.69 Å². The number of rotatable bonds is 4. The van der Waals surface area contributed by atoms with Crippen molar-refractivity contribution >= 4 is 16.6 Å². The number of fused-ring (bicyclic) bond motifs is 1. The highest BCUT2D eigenvalue weighted by atomic mass is 16.5. The standard InChI is InChI=1S/C20H21N3O3/c1-24-16-11-18-17(19(12-16)25-2)13-21-20(22-18)14-3-5-15(6-4-14)23-7-9-26-10-8-23/h3-6,11-13H,7-10H2,1-2H3. The number of aromatic nitrogens is 2. The van der Waals surface area contributed by atoms with Crippen LogP contribution in [0.15, 0.2) is 42.6 Å². The molecule has 0 spiro atoms. The van der Waals surface area contributed by atoms with Gasteiger partial charge in [0.1, 0.15) is 11.5 Å². The van der Waals surface area contributed by atoms with Crippen LogP contribution in [-0.2, 0) is 4.74 Å². The Morgan fingerprint density at radius 1 is 1.00 bits per heavy atom. The first-order valence-electron chi connectivity index (χ1n) is 8.60. The molecular weight excluding hydrogens is 330 g/mol. The van der Waals surface area contributed by atoms with Gasteiger partial charge < -0.3 is 19.1 Å².